The van der Waals surface area contributed by atoms with Crippen LogP contribution in [0, 0.1) is 0 Å². The van der Waals surface area contributed by atoms with Crippen LogP contribution in [0.25, 0.3) is 0 Å². The molecule has 2 N–H and O–H groups in total. The molecule has 1 amide bonds. The lowest BCUT2D eigenvalue weighted by molar-refractivity contribution is 0.0788. The highest BCUT2D eigenvalue weighted by atomic mass is 35.5. The molecule has 27 heavy (non-hydrogen) atoms. The average molecular weight is 391 g/mol. The molecule has 2 aromatic rings. The highest BCUT2D eigenvalue weighted by molar-refractivity contribution is 5.95. The van der Waals surface area contributed by atoms with Gasteiger partial charge in [-0.15, -0.1) is 12.4 Å². The number of hydrogen-bond donors (Lipinski definition) is 1. The van der Waals surface area contributed by atoms with Gasteiger partial charge in [0.15, 0.2) is 0 Å². The van der Waals surface area contributed by atoms with Crippen LogP contribution in [-0.4, -0.2) is 50.3 Å². The third-order valence-corrected chi connectivity index (χ3v) is 4.72. The van der Waals surface area contributed by atoms with Crippen molar-refractivity contribution in [2.24, 2.45) is 5.73 Å². The minimum absolute atomic E-state index is 0. The number of benzene rings is 2. The summed E-state index contributed by atoms with van der Waals surface area (Å²) in [4.78, 5) is 14.7. The maximum Gasteiger partial charge on any atom is 0.254 e. The molecule has 146 valence electrons. The molecule has 1 aliphatic rings. The Morgan fingerprint density at radius 2 is 1.89 bits per heavy atom. The maximum atomic E-state index is 12.9. The van der Waals surface area contributed by atoms with Crippen LogP contribution < -0.4 is 10.5 Å². The van der Waals surface area contributed by atoms with E-state index >= 15 is 0 Å². The van der Waals surface area contributed by atoms with Crippen LogP contribution in [-0.2, 0) is 4.74 Å². The highest BCUT2D eigenvalue weighted by Crippen LogP contribution is 2.28. The highest BCUT2D eigenvalue weighted by Gasteiger charge is 2.34. The number of ether oxygens (including phenoxy) is 2. The molecule has 0 radical (unpaired) electrons. The summed E-state index contributed by atoms with van der Waals surface area (Å²) in [6.45, 7) is 2.43. The lowest BCUT2D eigenvalue weighted by Gasteiger charge is -2.17. The Hall–Kier alpha value is -2.08. The van der Waals surface area contributed by atoms with Gasteiger partial charge in [0.2, 0.25) is 0 Å². The first-order chi connectivity index (χ1) is 12.7. The van der Waals surface area contributed by atoms with Crippen molar-refractivity contribution in [2.45, 2.75) is 18.4 Å². The van der Waals surface area contributed by atoms with Gasteiger partial charge in [0.05, 0.1) is 6.61 Å². The number of rotatable bonds is 7. The summed E-state index contributed by atoms with van der Waals surface area (Å²) in [5, 5.41) is 0. The van der Waals surface area contributed by atoms with Gasteiger partial charge in [0, 0.05) is 50.8 Å². The average Bonchev–Trinajstić information content (AvgIpc) is 3.07. The van der Waals surface area contributed by atoms with Gasteiger partial charge in [-0.3, -0.25) is 4.79 Å². The molecule has 1 saturated heterocycles. The zero-order valence-corrected chi connectivity index (χ0v) is 16.4. The number of nitrogens with two attached hydrogens (primary N) is 1. The van der Waals surface area contributed by atoms with Gasteiger partial charge in [-0.2, -0.15) is 0 Å². The van der Waals surface area contributed by atoms with Crippen LogP contribution >= 0.6 is 12.4 Å². The van der Waals surface area contributed by atoms with Gasteiger partial charge in [0.1, 0.15) is 5.75 Å². The largest absolute Gasteiger partial charge is 0.493 e. The summed E-state index contributed by atoms with van der Waals surface area (Å²) >= 11 is 0. The van der Waals surface area contributed by atoms with Gasteiger partial charge in [-0.25, -0.2) is 0 Å². The number of nitrogens with zero attached hydrogens (tertiary/aromatic N) is 1. The zero-order chi connectivity index (χ0) is 18.4. The van der Waals surface area contributed by atoms with Crippen molar-refractivity contribution in [3.8, 4) is 5.75 Å². The fourth-order valence-electron chi connectivity index (χ4n) is 3.34. The summed E-state index contributed by atoms with van der Waals surface area (Å²) in [5.74, 6) is 0.880. The van der Waals surface area contributed by atoms with E-state index in [-0.39, 0.29) is 30.3 Å². The molecule has 0 aromatic heterocycles. The van der Waals surface area contributed by atoms with Crippen molar-refractivity contribution in [2.75, 3.05) is 33.4 Å². The van der Waals surface area contributed by atoms with E-state index in [4.69, 9.17) is 15.2 Å². The van der Waals surface area contributed by atoms with E-state index in [1.54, 1.807) is 13.2 Å². The van der Waals surface area contributed by atoms with E-state index < -0.39 is 0 Å². The van der Waals surface area contributed by atoms with Crippen LogP contribution in [0.1, 0.15) is 28.3 Å². The van der Waals surface area contributed by atoms with E-state index in [0.717, 1.165) is 6.42 Å². The lowest BCUT2D eigenvalue weighted by Crippen LogP contribution is -2.32. The predicted molar refractivity (Wildman–Crippen MR) is 109 cm³/mol. The number of likely N-dealkylation sites (tertiary alicyclic amines) is 1. The molecule has 1 aliphatic heterocycles. The first-order valence-electron chi connectivity index (χ1n) is 9.00. The van der Waals surface area contributed by atoms with Gasteiger partial charge in [-0.1, -0.05) is 36.4 Å². The number of methoxy groups -OCH3 is 1. The Labute approximate surface area is 166 Å². The Balaban J connectivity index is 0.00000261. The SMILES string of the molecule is COCCCOc1cccc(C(=O)N2C[C@@H](N)[C@H](c3ccccc3)C2)c1.Cl. The predicted octanol–water partition coefficient (Wildman–Crippen LogP) is 3.09. The normalized spacial score (nSPS) is 18.8. The number of carbonyl (C=O) groups excluding carboxylic acids is 1. The maximum absolute atomic E-state index is 12.9. The number of carbonyl (C=O) groups is 1. The standard InChI is InChI=1S/C21H26N2O3.ClH/c1-25-11-6-12-26-18-10-5-9-17(13-18)21(24)23-14-19(20(22)15-23)16-7-3-2-4-8-16;/h2-5,7-10,13,19-20H,6,11-12,14-15,22H2,1H3;1H/t19-,20+;/m0./s1. The van der Waals surface area contributed by atoms with E-state index in [2.05, 4.69) is 12.1 Å². The van der Waals surface area contributed by atoms with Crippen LogP contribution in [0.4, 0.5) is 0 Å². The summed E-state index contributed by atoms with van der Waals surface area (Å²) < 4.78 is 10.7. The third kappa shape index (κ3) is 5.45. The van der Waals surface area contributed by atoms with Crippen molar-refractivity contribution in [1.29, 1.82) is 0 Å². The molecule has 1 heterocycles. The molecule has 5 nitrogen and oxygen atoms in total. The van der Waals surface area contributed by atoms with Gasteiger partial charge in [0.25, 0.3) is 5.91 Å². The molecule has 2 aromatic carbocycles. The first kappa shape index (κ1) is 21.2. The van der Waals surface area contributed by atoms with Crippen molar-refractivity contribution >= 4 is 18.3 Å². The first-order valence-corrected chi connectivity index (χ1v) is 9.00. The number of hydrogen-bond acceptors (Lipinski definition) is 4. The Morgan fingerprint density at radius 3 is 2.63 bits per heavy atom. The second-order valence-corrected chi connectivity index (χ2v) is 6.61. The smallest absolute Gasteiger partial charge is 0.254 e. The Kier molecular flexibility index (Phi) is 8.10. The van der Waals surface area contributed by atoms with Gasteiger partial charge in [-0.05, 0) is 23.8 Å². The van der Waals surface area contributed by atoms with Crippen molar-refractivity contribution in [1.82, 2.24) is 4.90 Å². The van der Waals surface area contributed by atoms with Gasteiger partial charge < -0.3 is 20.1 Å². The summed E-state index contributed by atoms with van der Waals surface area (Å²) in [6.07, 6.45) is 0.814. The van der Waals surface area contributed by atoms with Crippen molar-refractivity contribution < 1.29 is 14.3 Å². The lowest BCUT2D eigenvalue weighted by atomic mass is 9.95. The molecule has 0 saturated carbocycles. The van der Waals surface area contributed by atoms with E-state index in [0.29, 0.717) is 37.6 Å². The zero-order valence-electron chi connectivity index (χ0n) is 15.5. The number of halogens is 1. The Morgan fingerprint density at radius 1 is 1.11 bits per heavy atom. The molecule has 0 bridgehead atoms. The summed E-state index contributed by atoms with van der Waals surface area (Å²) in [5.41, 5.74) is 8.13. The van der Waals surface area contributed by atoms with Crippen molar-refractivity contribution in [3.05, 3.63) is 65.7 Å². The fourth-order valence-corrected chi connectivity index (χ4v) is 3.34. The second-order valence-electron chi connectivity index (χ2n) is 6.61. The summed E-state index contributed by atoms with van der Waals surface area (Å²) in [6, 6.07) is 17.5. The molecular weight excluding hydrogens is 364 g/mol. The summed E-state index contributed by atoms with van der Waals surface area (Å²) in [7, 11) is 1.67. The van der Waals surface area contributed by atoms with Crippen molar-refractivity contribution in [3.63, 3.8) is 0 Å². The molecule has 0 spiro atoms. The van der Waals surface area contributed by atoms with E-state index in [1.807, 2.05) is 41.3 Å². The molecule has 2 atom stereocenters. The quantitative estimate of drug-likeness (QED) is 0.738. The van der Waals surface area contributed by atoms with Crippen LogP contribution in [0.5, 0.6) is 5.75 Å². The molecular formula is C21H27ClN2O3. The molecule has 3 rings (SSSR count). The van der Waals surface area contributed by atoms with Crippen LogP contribution in [0.15, 0.2) is 54.6 Å². The van der Waals surface area contributed by atoms with E-state index in [9.17, 15) is 4.79 Å². The van der Waals surface area contributed by atoms with Crippen LogP contribution in [0.3, 0.4) is 0 Å². The topological polar surface area (TPSA) is 64.8 Å². The fraction of sp³-hybridized carbons (Fsp3) is 0.381. The molecule has 6 heteroatoms. The monoisotopic (exact) mass is 390 g/mol. The molecule has 0 unspecified atom stereocenters. The Bertz CT molecular complexity index is 726. The van der Waals surface area contributed by atoms with Crippen LogP contribution in [0.2, 0.25) is 0 Å². The minimum atomic E-state index is -0.0465. The number of amides is 1. The third-order valence-electron chi connectivity index (χ3n) is 4.72. The second kappa shape index (κ2) is 10.3. The molecule has 0 aliphatic carbocycles. The van der Waals surface area contributed by atoms with E-state index in [1.165, 1.54) is 5.56 Å². The molecule has 1 fully saturated rings. The van der Waals surface area contributed by atoms with Gasteiger partial charge >= 0.3 is 0 Å². The minimum Gasteiger partial charge on any atom is -0.493 e.